The number of aryl methyl sites for hydroxylation is 2. The number of ether oxygens (including phenoxy) is 5. The maximum atomic E-state index is 6.33. The lowest BCUT2D eigenvalue weighted by molar-refractivity contribution is -0.106. The Kier molecular flexibility index (Phi) is 18.9. The zero-order chi connectivity index (χ0) is 45.7. The minimum Gasteiger partial charge on any atom is -0.493 e. The van der Waals surface area contributed by atoms with Gasteiger partial charge in [-0.15, -0.1) is 0 Å². The lowest BCUT2D eigenvalue weighted by atomic mass is 10.1. The minimum absolute atomic E-state index is 0. The van der Waals surface area contributed by atoms with Crippen molar-refractivity contribution in [2.75, 3.05) is 82.4 Å². The molecule has 4 aliphatic rings. The van der Waals surface area contributed by atoms with E-state index in [2.05, 4.69) is 71.1 Å². The molecule has 0 radical (unpaired) electrons. The van der Waals surface area contributed by atoms with Crippen LogP contribution in [0.25, 0.3) is 0 Å². The molecule has 0 bridgehead atoms. The van der Waals surface area contributed by atoms with E-state index in [-0.39, 0.29) is 25.4 Å². The first-order chi connectivity index (χ1) is 30.8. The maximum Gasteiger partial charge on any atom is 0.229 e. The summed E-state index contributed by atoms with van der Waals surface area (Å²) in [6.07, 6.45) is 9.44. The van der Waals surface area contributed by atoms with Gasteiger partial charge >= 0.3 is 0 Å². The van der Waals surface area contributed by atoms with Crippen molar-refractivity contribution in [1.29, 1.82) is 0 Å². The fraction of sp³-hybridized carbons (Fsp3) is 0.583. The van der Waals surface area contributed by atoms with Gasteiger partial charge in [0.15, 0.2) is 37.1 Å². The predicted molar refractivity (Wildman–Crippen MR) is 265 cm³/mol. The summed E-state index contributed by atoms with van der Waals surface area (Å²) in [6.45, 7) is 17.5. The summed E-state index contributed by atoms with van der Waals surface area (Å²) in [6, 6.07) is 16.2. The molecule has 4 fully saturated rings. The monoisotopic (exact) mass is 917 g/mol. The second-order valence-electron chi connectivity index (χ2n) is 17.6. The molecule has 0 atom stereocenters. The van der Waals surface area contributed by atoms with Crippen LogP contribution >= 0.6 is 0 Å². The quantitative estimate of drug-likeness (QED) is 0.0501. The van der Waals surface area contributed by atoms with E-state index in [1.165, 1.54) is 12.8 Å². The summed E-state index contributed by atoms with van der Waals surface area (Å²) in [5.74, 6) is 5.47. The van der Waals surface area contributed by atoms with Gasteiger partial charge in [-0.1, -0.05) is 7.43 Å². The van der Waals surface area contributed by atoms with Gasteiger partial charge in [0.05, 0.1) is 14.2 Å². The molecule has 5 N–H and O–H groups in total. The Morgan fingerprint density at radius 3 is 1.55 bits per heavy atom. The standard InChI is InChI=1S/C21H29N5O2.C18H25N5O2.C8H18O2Si.CH4/c1-14-12-20(22-2)25-21(23-14)24-15-4-7-18(27-3)19(13-15)28-17-8-10-26(11-9-17)16-5-6-16;1-12-10-17(19-2)23-18(21-12)22-13-4-5-15(24-3)16(11-13)25-14-6-8-20-9-7-14;1-5-9-8(6-7-8)10-11(2,3)4;/h4,7,12-13,16-17H,5-6,8-11H2,1-3H3,(H2,22,23,24,25);4-5,10-11,14,20H,6-9H2,1-3H3,(H2,19,21,22,23);5-7H2,1-4H3;1H4. The van der Waals surface area contributed by atoms with Gasteiger partial charge in [-0.25, -0.2) is 9.97 Å². The highest BCUT2D eigenvalue weighted by Crippen LogP contribution is 2.43. The molecule has 2 aromatic heterocycles. The first-order valence-corrected chi connectivity index (χ1v) is 26.3. The highest BCUT2D eigenvalue weighted by molar-refractivity contribution is 6.69. The first-order valence-electron chi connectivity index (χ1n) is 22.9. The highest BCUT2D eigenvalue weighted by Gasteiger charge is 2.48. The topological polar surface area (TPSA) is 170 Å². The van der Waals surface area contributed by atoms with Crippen LogP contribution < -0.4 is 45.5 Å². The molecule has 16 nitrogen and oxygen atoms in total. The van der Waals surface area contributed by atoms with Crippen LogP contribution in [0.15, 0.2) is 48.5 Å². The van der Waals surface area contributed by atoms with E-state index in [1.54, 1.807) is 14.2 Å². The van der Waals surface area contributed by atoms with Crippen LogP contribution in [0.4, 0.5) is 34.9 Å². The number of benzene rings is 2. The fourth-order valence-electron chi connectivity index (χ4n) is 7.73. The molecule has 2 aliphatic heterocycles. The van der Waals surface area contributed by atoms with Gasteiger partial charge in [0.2, 0.25) is 11.9 Å². The minimum atomic E-state index is -1.39. The summed E-state index contributed by atoms with van der Waals surface area (Å²) in [7, 11) is 5.62. The SMILES string of the molecule is C.CCOC1(O[Si](C)(C)C)CC1.CNc1cc(C)nc(Nc2ccc(OC)c(OC3CCN(C4CC4)CC3)c2)n1.CNc1cc(C)nc(Nc2ccc(OC)c(OC3CCNCC3)c2)n1. The number of nitrogens with one attached hydrogen (secondary N) is 5. The number of piperidine rings is 2. The molecule has 17 heteroatoms. The molecule has 65 heavy (non-hydrogen) atoms. The van der Waals surface area contributed by atoms with E-state index in [0.717, 1.165) is 135 Å². The Balaban J connectivity index is 0.000000197. The van der Waals surface area contributed by atoms with Crippen LogP contribution in [0.2, 0.25) is 19.6 Å². The van der Waals surface area contributed by atoms with Crippen LogP contribution in [0.5, 0.6) is 23.0 Å². The highest BCUT2D eigenvalue weighted by atomic mass is 28.4. The zero-order valence-corrected chi connectivity index (χ0v) is 40.7. The van der Waals surface area contributed by atoms with Crippen molar-refractivity contribution < 1.29 is 28.1 Å². The Morgan fingerprint density at radius 1 is 0.677 bits per heavy atom. The summed E-state index contributed by atoms with van der Waals surface area (Å²) in [4.78, 5) is 20.4. The first kappa shape index (κ1) is 51.0. The third-order valence-electron chi connectivity index (χ3n) is 11.0. The van der Waals surface area contributed by atoms with Gasteiger partial charge in [0, 0.05) is 99.7 Å². The van der Waals surface area contributed by atoms with Gasteiger partial charge in [0.1, 0.15) is 23.8 Å². The molecule has 4 aromatic rings. The van der Waals surface area contributed by atoms with Crippen LogP contribution in [0, 0.1) is 13.8 Å². The van der Waals surface area contributed by atoms with Gasteiger partial charge in [-0.2, -0.15) is 9.97 Å². The number of rotatable bonds is 17. The van der Waals surface area contributed by atoms with Crippen molar-refractivity contribution >= 4 is 43.2 Å². The van der Waals surface area contributed by atoms with Crippen molar-refractivity contribution in [1.82, 2.24) is 30.2 Å². The van der Waals surface area contributed by atoms with Gasteiger partial charge < -0.3 is 59.6 Å². The van der Waals surface area contributed by atoms with Crippen LogP contribution in [-0.2, 0) is 9.16 Å². The second-order valence-corrected chi connectivity index (χ2v) is 22.1. The van der Waals surface area contributed by atoms with Crippen molar-refractivity contribution in [3.8, 4) is 23.0 Å². The number of anilines is 6. The van der Waals surface area contributed by atoms with Crippen molar-refractivity contribution in [3.05, 3.63) is 59.9 Å². The molecule has 0 unspecified atom stereocenters. The van der Waals surface area contributed by atoms with E-state index in [9.17, 15) is 0 Å². The third-order valence-corrected chi connectivity index (χ3v) is 12.0. The maximum absolute atomic E-state index is 6.33. The summed E-state index contributed by atoms with van der Waals surface area (Å²) in [5.41, 5.74) is 3.52. The van der Waals surface area contributed by atoms with Gasteiger partial charge in [0.25, 0.3) is 0 Å². The average Bonchev–Trinajstić information content (AvgIpc) is 4.22. The van der Waals surface area contributed by atoms with Gasteiger partial charge in [-0.3, -0.25) is 0 Å². The predicted octanol–water partition coefficient (Wildman–Crippen LogP) is 9.29. The number of methoxy groups -OCH3 is 2. The van der Waals surface area contributed by atoms with E-state index in [0.29, 0.717) is 11.9 Å². The number of aromatic nitrogens is 4. The lowest BCUT2D eigenvalue weighted by Gasteiger charge is -2.32. The lowest BCUT2D eigenvalue weighted by Crippen LogP contribution is -2.39. The van der Waals surface area contributed by atoms with E-state index in [4.69, 9.17) is 28.1 Å². The Hall–Kier alpha value is -4.94. The fourth-order valence-corrected chi connectivity index (χ4v) is 9.11. The zero-order valence-electron chi connectivity index (χ0n) is 39.7. The number of nitrogens with zero attached hydrogens (tertiary/aromatic N) is 5. The van der Waals surface area contributed by atoms with Crippen LogP contribution in [0.3, 0.4) is 0 Å². The third kappa shape index (κ3) is 16.2. The van der Waals surface area contributed by atoms with Crippen LogP contribution in [-0.4, -0.2) is 118 Å². The van der Waals surface area contributed by atoms with Gasteiger partial charge in [-0.05, 0) is 116 Å². The molecular formula is C48H76N10O6Si. The molecule has 2 saturated heterocycles. The molecule has 2 saturated carbocycles. The number of hydrogen-bond donors (Lipinski definition) is 5. The van der Waals surface area contributed by atoms with E-state index < -0.39 is 8.32 Å². The van der Waals surface area contributed by atoms with Crippen molar-refractivity contribution in [3.63, 3.8) is 0 Å². The molecular weight excluding hydrogens is 841 g/mol. The molecule has 4 heterocycles. The van der Waals surface area contributed by atoms with E-state index >= 15 is 0 Å². The number of likely N-dealkylation sites (tertiary alicyclic amines) is 1. The second kappa shape index (κ2) is 24.0. The average molecular weight is 917 g/mol. The largest absolute Gasteiger partial charge is 0.493 e. The smallest absolute Gasteiger partial charge is 0.229 e. The normalized spacial score (nSPS) is 17.1. The van der Waals surface area contributed by atoms with Crippen molar-refractivity contribution in [2.24, 2.45) is 0 Å². The van der Waals surface area contributed by atoms with Crippen molar-refractivity contribution in [2.45, 2.75) is 123 Å². The molecule has 358 valence electrons. The summed E-state index contributed by atoms with van der Waals surface area (Å²) >= 11 is 0. The Labute approximate surface area is 388 Å². The molecule has 0 amide bonds. The molecule has 2 aliphatic carbocycles. The Bertz CT molecular complexity index is 2090. The molecule has 0 spiro atoms. The van der Waals surface area contributed by atoms with Crippen LogP contribution in [0.1, 0.15) is 77.1 Å². The summed E-state index contributed by atoms with van der Waals surface area (Å²) in [5, 5.41) is 15.9. The van der Waals surface area contributed by atoms with E-state index in [1.807, 2.05) is 83.4 Å². The number of hydrogen-bond acceptors (Lipinski definition) is 16. The Morgan fingerprint density at radius 2 is 1.15 bits per heavy atom. The molecule has 8 rings (SSSR count). The molecule has 2 aromatic carbocycles. The summed E-state index contributed by atoms with van der Waals surface area (Å²) < 4.78 is 34.9.